The summed E-state index contributed by atoms with van der Waals surface area (Å²) >= 11 is 1.71. The summed E-state index contributed by atoms with van der Waals surface area (Å²) in [6, 6.07) is 22.1. The zero-order valence-corrected chi connectivity index (χ0v) is 13.5. The van der Waals surface area contributed by atoms with E-state index in [-0.39, 0.29) is 18.0 Å². The Morgan fingerprint density at radius 3 is 2.43 bits per heavy atom. The molecule has 23 heavy (non-hydrogen) atoms. The molecule has 0 spiro atoms. The minimum Gasteiger partial charge on any atom is -0.356 e. The number of thioether (sulfide) groups is 1. The Morgan fingerprint density at radius 1 is 0.957 bits per heavy atom. The second-order valence-electron chi connectivity index (χ2n) is 5.68. The van der Waals surface area contributed by atoms with E-state index in [2.05, 4.69) is 18.4 Å². The van der Waals surface area contributed by atoms with Gasteiger partial charge in [-0.2, -0.15) is 0 Å². The van der Waals surface area contributed by atoms with Gasteiger partial charge in [0.2, 0.25) is 0 Å². The van der Waals surface area contributed by atoms with Gasteiger partial charge in [-0.25, -0.2) is 0 Å². The van der Waals surface area contributed by atoms with Crippen LogP contribution in [-0.2, 0) is 4.74 Å². The standard InChI is InChI=1S/C20H16O2S/c1-23-17-10-8-14(9-11-17)19-20(22-19)18(21)16-7-6-13-4-2-3-5-15(13)12-16/h2-12,19-20H,1H3/t19-,20-/m1/s1. The number of Topliss-reactive ketones (excluding diaryl/α,β-unsaturated/α-hetero) is 1. The maximum atomic E-state index is 12.6. The zero-order chi connectivity index (χ0) is 15.8. The SMILES string of the molecule is CSc1ccc([C@H]2O[C@@H]2C(=O)c2ccc3ccccc3c2)cc1. The number of rotatable bonds is 4. The Balaban J connectivity index is 1.55. The molecule has 0 aromatic heterocycles. The summed E-state index contributed by atoms with van der Waals surface area (Å²) in [5, 5.41) is 2.23. The highest BCUT2D eigenvalue weighted by molar-refractivity contribution is 7.98. The second kappa shape index (κ2) is 5.84. The molecule has 3 aromatic rings. The Morgan fingerprint density at radius 2 is 1.70 bits per heavy atom. The largest absolute Gasteiger partial charge is 0.356 e. The average molecular weight is 320 g/mol. The van der Waals surface area contributed by atoms with Gasteiger partial charge in [0.1, 0.15) is 6.10 Å². The molecule has 0 bridgehead atoms. The Bertz CT molecular complexity index is 870. The lowest BCUT2D eigenvalue weighted by Crippen LogP contribution is -2.08. The fourth-order valence-corrected chi connectivity index (χ4v) is 3.27. The summed E-state index contributed by atoms with van der Waals surface area (Å²) in [4.78, 5) is 13.8. The first-order chi connectivity index (χ1) is 11.3. The molecule has 4 rings (SSSR count). The van der Waals surface area contributed by atoms with Gasteiger partial charge in [-0.1, -0.05) is 48.5 Å². The van der Waals surface area contributed by atoms with E-state index in [9.17, 15) is 4.79 Å². The summed E-state index contributed by atoms with van der Waals surface area (Å²) in [6.07, 6.45) is 1.59. The summed E-state index contributed by atoms with van der Waals surface area (Å²) in [7, 11) is 0. The second-order valence-corrected chi connectivity index (χ2v) is 6.56. The maximum Gasteiger partial charge on any atom is 0.194 e. The van der Waals surface area contributed by atoms with Crippen LogP contribution >= 0.6 is 11.8 Å². The molecule has 2 atom stereocenters. The van der Waals surface area contributed by atoms with Gasteiger partial charge in [-0.05, 0) is 40.8 Å². The Hall–Kier alpha value is -2.10. The highest BCUT2D eigenvalue weighted by atomic mass is 32.2. The molecule has 1 aliphatic rings. The van der Waals surface area contributed by atoms with Crippen LogP contribution in [0.15, 0.2) is 71.6 Å². The molecule has 3 aromatic carbocycles. The number of benzene rings is 3. The topological polar surface area (TPSA) is 29.6 Å². The lowest BCUT2D eigenvalue weighted by Gasteiger charge is -2.02. The molecule has 114 valence electrons. The van der Waals surface area contributed by atoms with Gasteiger partial charge < -0.3 is 4.74 Å². The van der Waals surface area contributed by atoms with Gasteiger partial charge in [-0.15, -0.1) is 11.8 Å². The highest BCUT2D eigenvalue weighted by Crippen LogP contribution is 2.41. The molecule has 0 amide bonds. The van der Waals surface area contributed by atoms with Crippen LogP contribution in [0.1, 0.15) is 22.0 Å². The van der Waals surface area contributed by atoms with E-state index in [1.807, 2.05) is 54.6 Å². The number of hydrogen-bond acceptors (Lipinski definition) is 3. The van der Waals surface area contributed by atoms with Crippen LogP contribution in [0.4, 0.5) is 0 Å². The normalized spacial score (nSPS) is 19.7. The number of hydrogen-bond donors (Lipinski definition) is 0. The van der Waals surface area contributed by atoms with Crippen molar-refractivity contribution in [1.82, 2.24) is 0 Å². The minimum absolute atomic E-state index is 0.0645. The molecule has 1 saturated heterocycles. The molecule has 0 saturated carbocycles. The summed E-state index contributed by atoms with van der Waals surface area (Å²) in [5.74, 6) is 0.0645. The van der Waals surface area contributed by atoms with Crippen molar-refractivity contribution < 1.29 is 9.53 Å². The van der Waals surface area contributed by atoms with Crippen molar-refractivity contribution in [2.75, 3.05) is 6.26 Å². The van der Waals surface area contributed by atoms with Crippen molar-refractivity contribution in [2.24, 2.45) is 0 Å². The smallest absolute Gasteiger partial charge is 0.194 e. The molecule has 2 nitrogen and oxygen atoms in total. The fourth-order valence-electron chi connectivity index (χ4n) is 2.87. The van der Waals surface area contributed by atoms with E-state index in [1.165, 1.54) is 4.90 Å². The zero-order valence-electron chi connectivity index (χ0n) is 12.7. The van der Waals surface area contributed by atoms with Crippen molar-refractivity contribution in [1.29, 1.82) is 0 Å². The van der Waals surface area contributed by atoms with E-state index in [0.717, 1.165) is 21.9 Å². The first kappa shape index (κ1) is 14.5. The molecule has 0 aliphatic carbocycles. The number of ketones is 1. The van der Waals surface area contributed by atoms with Crippen LogP contribution in [0.3, 0.4) is 0 Å². The van der Waals surface area contributed by atoms with E-state index < -0.39 is 0 Å². The van der Waals surface area contributed by atoms with Crippen molar-refractivity contribution in [3.63, 3.8) is 0 Å². The van der Waals surface area contributed by atoms with Crippen LogP contribution in [0.2, 0.25) is 0 Å². The fraction of sp³-hybridized carbons (Fsp3) is 0.150. The van der Waals surface area contributed by atoms with E-state index in [4.69, 9.17) is 4.74 Å². The number of carbonyl (C=O) groups is 1. The van der Waals surface area contributed by atoms with E-state index in [1.54, 1.807) is 11.8 Å². The van der Waals surface area contributed by atoms with Crippen LogP contribution in [0.5, 0.6) is 0 Å². The molecule has 3 heteroatoms. The lowest BCUT2D eigenvalue weighted by atomic mass is 10.00. The Kier molecular flexibility index (Phi) is 3.68. The molecule has 1 fully saturated rings. The predicted octanol–water partition coefficient (Wildman–Crippen LogP) is 4.88. The predicted molar refractivity (Wildman–Crippen MR) is 94.1 cm³/mol. The maximum absolute atomic E-state index is 12.6. The molecule has 0 unspecified atom stereocenters. The monoisotopic (exact) mass is 320 g/mol. The number of epoxide rings is 1. The molecular formula is C20H16O2S. The quantitative estimate of drug-likeness (QED) is 0.390. The highest BCUT2D eigenvalue weighted by Gasteiger charge is 2.46. The molecular weight excluding hydrogens is 304 g/mol. The molecule has 0 N–H and O–H groups in total. The summed E-state index contributed by atoms with van der Waals surface area (Å²) in [6.45, 7) is 0. The van der Waals surface area contributed by atoms with E-state index in [0.29, 0.717) is 0 Å². The number of carbonyl (C=O) groups excluding carboxylic acids is 1. The third kappa shape index (κ3) is 2.78. The van der Waals surface area contributed by atoms with Crippen LogP contribution in [0.25, 0.3) is 10.8 Å². The minimum atomic E-state index is -0.351. The van der Waals surface area contributed by atoms with Gasteiger partial charge in [-0.3, -0.25) is 4.79 Å². The Labute approximate surface area is 139 Å². The van der Waals surface area contributed by atoms with E-state index >= 15 is 0 Å². The van der Waals surface area contributed by atoms with Crippen molar-refractivity contribution in [2.45, 2.75) is 17.1 Å². The first-order valence-corrected chi connectivity index (χ1v) is 8.81. The lowest BCUT2D eigenvalue weighted by molar-refractivity contribution is 0.0954. The van der Waals surface area contributed by atoms with Gasteiger partial charge in [0.15, 0.2) is 11.9 Å². The number of fused-ring (bicyclic) bond motifs is 1. The van der Waals surface area contributed by atoms with Crippen molar-refractivity contribution in [3.8, 4) is 0 Å². The van der Waals surface area contributed by atoms with Crippen LogP contribution in [0, 0.1) is 0 Å². The molecule has 1 aliphatic heterocycles. The van der Waals surface area contributed by atoms with Gasteiger partial charge >= 0.3 is 0 Å². The van der Waals surface area contributed by atoms with Crippen molar-refractivity contribution >= 4 is 28.3 Å². The van der Waals surface area contributed by atoms with Gasteiger partial charge in [0.05, 0.1) is 0 Å². The first-order valence-electron chi connectivity index (χ1n) is 7.59. The third-order valence-electron chi connectivity index (χ3n) is 4.23. The van der Waals surface area contributed by atoms with Gasteiger partial charge in [0.25, 0.3) is 0 Å². The third-order valence-corrected chi connectivity index (χ3v) is 4.97. The summed E-state index contributed by atoms with van der Waals surface area (Å²) in [5.41, 5.74) is 1.79. The average Bonchev–Trinajstić information content (AvgIpc) is 3.41. The molecule has 1 heterocycles. The number of ether oxygens (including phenoxy) is 1. The molecule has 0 radical (unpaired) electrons. The van der Waals surface area contributed by atoms with Gasteiger partial charge in [0, 0.05) is 10.5 Å². The summed E-state index contributed by atoms with van der Waals surface area (Å²) < 4.78 is 5.65. The van der Waals surface area contributed by atoms with Crippen LogP contribution < -0.4 is 0 Å². The van der Waals surface area contributed by atoms with Crippen molar-refractivity contribution in [3.05, 3.63) is 77.9 Å². The van der Waals surface area contributed by atoms with Crippen LogP contribution in [-0.4, -0.2) is 18.1 Å².